The van der Waals surface area contributed by atoms with Gasteiger partial charge in [0.05, 0.1) is 4.90 Å². The van der Waals surface area contributed by atoms with Gasteiger partial charge in [0.25, 0.3) is 5.91 Å². The Morgan fingerprint density at radius 1 is 1.00 bits per heavy atom. The minimum Gasteiger partial charge on any atom is -0.422 e. The Kier molecular flexibility index (Phi) is 7.80. The van der Waals surface area contributed by atoms with Crippen molar-refractivity contribution in [1.82, 2.24) is 4.31 Å². The van der Waals surface area contributed by atoms with E-state index in [2.05, 4.69) is 10.2 Å². The molecule has 192 valence electrons. The van der Waals surface area contributed by atoms with Crippen LogP contribution < -0.4 is 15.8 Å². The van der Waals surface area contributed by atoms with E-state index in [1.165, 1.54) is 34.6 Å². The number of rotatable bonds is 8. The molecule has 0 saturated heterocycles. The van der Waals surface area contributed by atoms with E-state index in [1.54, 1.807) is 13.1 Å². The van der Waals surface area contributed by atoms with E-state index < -0.39 is 21.6 Å². The monoisotopic (exact) mass is 511 g/mol. The maximum atomic E-state index is 13.0. The number of benzene rings is 2. The number of nitrogens with zero attached hydrogens (tertiary/aromatic N) is 2. The maximum Gasteiger partial charge on any atom is 0.349 e. The zero-order valence-corrected chi connectivity index (χ0v) is 21.8. The molecule has 1 amide bonds. The summed E-state index contributed by atoms with van der Waals surface area (Å²) in [5, 5.41) is 3.31. The van der Waals surface area contributed by atoms with E-state index in [0.717, 1.165) is 50.9 Å². The van der Waals surface area contributed by atoms with E-state index in [1.807, 2.05) is 26.0 Å². The number of nitrogens with one attached hydrogen (secondary N) is 1. The van der Waals surface area contributed by atoms with Crippen LogP contribution in [-0.2, 0) is 10.0 Å². The van der Waals surface area contributed by atoms with Gasteiger partial charge in [0, 0.05) is 49.0 Å². The molecule has 1 fully saturated rings. The Morgan fingerprint density at radius 2 is 1.67 bits per heavy atom. The van der Waals surface area contributed by atoms with Gasteiger partial charge < -0.3 is 14.6 Å². The van der Waals surface area contributed by atoms with Gasteiger partial charge in [-0.3, -0.25) is 4.79 Å². The number of carbonyl (C=O) groups is 1. The first-order valence-corrected chi connectivity index (χ1v) is 13.9. The second kappa shape index (κ2) is 10.8. The summed E-state index contributed by atoms with van der Waals surface area (Å²) in [7, 11) is -2.00. The molecular weight excluding hydrogens is 478 g/mol. The Hall–Kier alpha value is -3.17. The maximum absolute atomic E-state index is 13.0. The first-order chi connectivity index (χ1) is 17.2. The SMILES string of the molecule is CCN(CC)c1ccc2cc(C(=O)Nc3ccc(S(=O)(=O)N(C)C4CCCCC4)cc3)c(=O)oc2c1. The number of fused-ring (bicyclic) bond motifs is 1. The summed E-state index contributed by atoms with van der Waals surface area (Å²) in [6.45, 7) is 5.75. The molecule has 1 aliphatic rings. The summed E-state index contributed by atoms with van der Waals surface area (Å²) < 4.78 is 33.0. The minimum absolute atomic E-state index is 0.0124. The number of hydrogen-bond donors (Lipinski definition) is 1. The fraction of sp³-hybridized carbons (Fsp3) is 0.407. The molecule has 0 aliphatic heterocycles. The van der Waals surface area contributed by atoms with Crippen molar-refractivity contribution in [3.8, 4) is 0 Å². The van der Waals surface area contributed by atoms with Crippen LogP contribution in [0.3, 0.4) is 0 Å². The normalized spacial score (nSPS) is 14.8. The molecule has 2 aromatic carbocycles. The predicted molar refractivity (Wildman–Crippen MR) is 142 cm³/mol. The second-order valence-electron chi connectivity index (χ2n) is 9.13. The molecule has 1 N–H and O–H groups in total. The first kappa shape index (κ1) is 25.9. The van der Waals surface area contributed by atoms with E-state index in [0.29, 0.717) is 16.7 Å². The average Bonchev–Trinajstić information content (AvgIpc) is 2.89. The van der Waals surface area contributed by atoms with Gasteiger partial charge in [-0.1, -0.05) is 19.3 Å². The highest BCUT2D eigenvalue weighted by Crippen LogP contribution is 2.27. The second-order valence-corrected chi connectivity index (χ2v) is 11.1. The van der Waals surface area contributed by atoms with Gasteiger partial charge in [0.1, 0.15) is 11.1 Å². The van der Waals surface area contributed by atoms with Gasteiger partial charge >= 0.3 is 5.63 Å². The van der Waals surface area contributed by atoms with Crippen molar-refractivity contribution in [2.24, 2.45) is 0 Å². The number of carbonyl (C=O) groups excluding carboxylic acids is 1. The van der Waals surface area contributed by atoms with E-state index in [-0.39, 0.29) is 16.5 Å². The fourth-order valence-electron chi connectivity index (χ4n) is 4.76. The zero-order chi connectivity index (χ0) is 25.9. The highest BCUT2D eigenvalue weighted by Gasteiger charge is 2.29. The van der Waals surface area contributed by atoms with E-state index >= 15 is 0 Å². The van der Waals surface area contributed by atoms with Crippen LogP contribution in [0.15, 0.2) is 62.6 Å². The average molecular weight is 512 g/mol. The lowest BCUT2D eigenvalue weighted by molar-refractivity contribution is 0.102. The van der Waals surface area contributed by atoms with Gasteiger partial charge in [0.15, 0.2) is 0 Å². The lowest BCUT2D eigenvalue weighted by atomic mass is 9.96. The van der Waals surface area contributed by atoms with E-state index in [4.69, 9.17) is 4.42 Å². The fourth-order valence-corrected chi connectivity index (χ4v) is 6.18. The number of sulfonamides is 1. The van der Waals surface area contributed by atoms with Crippen molar-refractivity contribution in [1.29, 1.82) is 0 Å². The van der Waals surface area contributed by atoms with Crippen LogP contribution in [0, 0.1) is 0 Å². The summed E-state index contributed by atoms with van der Waals surface area (Å²) >= 11 is 0. The molecule has 0 atom stereocenters. The zero-order valence-electron chi connectivity index (χ0n) is 21.0. The smallest absolute Gasteiger partial charge is 0.349 e. The molecule has 8 nitrogen and oxygen atoms in total. The molecule has 4 rings (SSSR count). The molecule has 1 heterocycles. The number of hydrogen-bond acceptors (Lipinski definition) is 6. The third kappa shape index (κ3) is 5.32. The van der Waals surface area contributed by atoms with Crippen LogP contribution in [-0.4, -0.2) is 44.8 Å². The van der Waals surface area contributed by atoms with Crippen LogP contribution in [0.5, 0.6) is 0 Å². The Balaban J connectivity index is 1.51. The molecule has 0 unspecified atom stereocenters. The highest BCUT2D eigenvalue weighted by atomic mass is 32.2. The van der Waals surface area contributed by atoms with Crippen LogP contribution in [0.25, 0.3) is 11.0 Å². The van der Waals surface area contributed by atoms with Gasteiger partial charge in [-0.15, -0.1) is 0 Å². The molecule has 1 saturated carbocycles. The lowest BCUT2D eigenvalue weighted by Gasteiger charge is -2.30. The van der Waals surface area contributed by atoms with E-state index in [9.17, 15) is 18.0 Å². The highest BCUT2D eigenvalue weighted by molar-refractivity contribution is 7.89. The summed E-state index contributed by atoms with van der Waals surface area (Å²) in [4.78, 5) is 27.7. The summed E-state index contributed by atoms with van der Waals surface area (Å²) in [5.74, 6) is -0.617. The van der Waals surface area contributed by atoms with Crippen molar-refractivity contribution in [2.45, 2.75) is 56.9 Å². The Labute approximate surface area is 212 Å². The molecular formula is C27H33N3O5S. The lowest BCUT2D eigenvalue weighted by Crippen LogP contribution is -2.38. The third-order valence-corrected chi connectivity index (χ3v) is 8.90. The summed E-state index contributed by atoms with van der Waals surface area (Å²) in [6.07, 6.45) is 4.96. The molecule has 36 heavy (non-hydrogen) atoms. The van der Waals surface area contributed by atoms with Crippen molar-refractivity contribution >= 4 is 38.3 Å². The molecule has 0 bridgehead atoms. The van der Waals surface area contributed by atoms with Crippen molar-refractivity contribution < 1.29 is 17.6 Å². The van der Waals surface area contributed by atoms with Gasteiger partial charge in [0.2, 0.25) is 10.0 Å². The van der Waals surface area contributed by atoms with Gasteiger partial charge in [-0.05, 0) is 69.2 Å². The molecule has 0 spiro atoms. The predicted octanol–water partition coefficient (Wildman–Crippen LogP) is 4.84. The first-order valence-electron chi connectivity index (χ1n) is 12.5. The number of anilines is 2. The van der Waals surface area contributed by atoms with Crippen molar-refractivity contribution in [3.05, 3.63) is 64.5 Å². The molecule has 1 aromatic heterocycles. The van der Waals surface area contributed by atoms with Gasteiger partial charge in [-0.2, -0.15) is 4.31 Å². The van der Waals surface area contributed by atoms with Crippen molar-refractivity contribution in [3.63, 3.8) is 0 Å². The molecule has 9 heteroatoms. The number of amides is 1. The quantitative estimate of drug-likeness (QED) is 0.434. The van der Waals surface area contributed by atoms with Crippen LogP contribution in [0.2, 0.25) is 0 Å². The largest absolute Gasteiger partial charge is 0.422 e. The minimum atomic E-state index is -3.63. The molecule has 0 radical (unpaired) electrons. The summed E-state index contributed by atoms with van der Waals surface area (Å²) in [5.41, 5.74) is 0.891. The topological polar surface area (TPSA) is 99.9 Å². The van der Waals surface area contributed by atoms with Crippen molar-refractivity contribution in [2.75, 3.05) is 30.4 Å². The summed E-state index contributed by atoms with van der Waals surface area (Å²) in [6, 6.07) is 13.1. The third-order valence-electron chi connectivity index (χ3n) is 6.97. The standard InChI is InChI=1S/C27H33N3O5S/c1-4-30(5-2)22-14-11-19-17-24(27(32)35-25(19)18-22)26(31)28-20-12-15-23(16-13-20)36(33,34)29(3)21-9-7-6-8-10-21/h11-18,21H,4-10H2,1-3H3,(H,28,31). The Bertz CT molecular complexity index is 1390. The van der Waals surface area contributed by atoms with Crippen LogP contribution in [0.1, 0.15) is 56.3 Å². The van der Waals surface area contributed by atoms with Crippen LogP contribution >= 0.6 is 0 Å². The van der Waals surface area contributed by atoms with Crippen LogP contribution in [0.4, 0.5) is 11.4 Å². The Morgan fingerprint density at radius 3 is 2.31 bits per heavy atom. The van der Waals surface area contributed by atoms with Gasteiger partial charge in [-0.25, -0.2) is 13.2 Å². The molecule has 3 aromatic rings. The molecule has 1 aliphatic carbocycles.